The second-order valence-corrected chi connectivity index (χ2v) is 4.78. The smallest absolute Gasteiger partial charge is 0.155 e. The van der Waals surface area contributed by atoms with Crippen molar-refractivity contribution in [1.82, 2.24) is 0 Å². The molecule has 72 valence electrons. The molecule has 2 aliphatic carbocycles. The Morgan fingerprint density at radius 1 is 1.23 bits per heavy atom. The van der Waals surface area contributed by atoms with Crippen LogP contribution >= 0.6 is 0 Å². The highest BCUT2D eigenvalue weighted by Crippen LogP contribution is 2.51. The van der Waals surface area contributed by atoms with Crippen molar-refractivity contribution >= 4 is 5.78 Å². The van der Waals surface area contributed by atoms with Crippen molar-refractivity contribution in [2.45, 2.75) is 52.4 Å². The van der Waals surface area contributed by atoms with Crippen LogP contribution in [0.5, 0.6) is 0 Å². The Morgan fingerprint density at radius 3 is 2.69 bits per heavy atom. The Bertz CT molecular complexity index is 275. The predicted octanol–water partition coefficient (Wildman–Crippen LogP) is 3.25. The Balaban J connectivity index is 2.36. The fourth-order valence-electron chi connectivity index (χ4n) is 3.00. The van der Waals surface area contributed by atoms with E-state index in [-0.39, 0.29) is 0 Å². The summed E-state index contributed by atoms with van der Waals surface area (Å²) in [6.45, 7) is 4.07. The molecule has 1 saturated carbocycles. The Morgan fingerprint density at radius 2 is 2.00 bits per heavy atom. The number of carbonyl (C=O) groups is 1. The Labute approximate surface area is 80.2 Å². The molecule has 1 fully saturated rings. The van der Waals surface area contributed by atoms with E-state index in [2.05, 4.69) is 6.92 Å². The lowest BCUT2D eigenvalue weighted by atomic mass is 9.72. The van der Waals surface area contributed by atoms with Crippen molar-refractivity contribution in [1.29, 1.82) is 0 Å². The van der Waals surface area contributed by atoms with Gasteiger partial charge in [-0.05, 0) is 50.0 Å². The van der Waals surface area contributed by atoms with Crippen LogP contribution in [0.3, 0.4) is 0 Å². The zero-order valence-corrected chi connectivity index (χ0v) is 8.65. The molecular formula is C12H18O. The zero-order valence-electron chi connectivity index (χ0n) is 8.65. The second-order valence-electron chi connectivity index (χ2n) is 4.78. The van der Waals surface area contributed by atoms with Crippen LogP contribution in [-0.4, -0.2) is 5.78 Å². The van der Waals surface area contributed by atoms with E-state index in [1.165, 1.54) is 43.3 Å². The van der Waals surface area contributed by atoms with Gasteiger partial charge in [-0.3, -0.25) is 4.79 Å². The minimum Gasteiger partial charge on any atom is -0.295 e. The van der Waals surface area contributed by atoms with Crippen molar-refractivity contribution in [3.8, 4) is 0 Å². The molecule has 0 aromatic heterocycles. The summed E-state index contributed by atoms with van der Waals surface area (Å²) in [6.07, 6.45) is 7.40. The molecule has 13 heavy (non-hydrogen) atoms. The second kappa shape index (κ2) is 2.97. The lowest BCUT2D eigenvalue weighted by Gasteiger charge is -2.32. The molecule has 1 nitrogen and oxygen atoms in total. The van der Waals surface area contributed by atoms with Gasteiger partial charge in [0.15, 0.2) is 5.78 Å². The number of ketones is 1. The lowest BCUT2D eigenvalue weighted by Crippen LogP contribution is -2.20. The fraction of sp³-hybridized carbons (Fsp3) is 0.750. The van der Waals surface area contributed by atoms with Gasteiger partial charge in [0.25, 0.3) is 0 Å². The first-order valence-electron chi connectivity index (χ1n) is 5.37. The molecule has 0 N–H and O–H groups in total. The van der Waals surface area contributed by atoms with Gasteiger partial charge in [-0.25, -0.2) is 0 Å². The molecule has 0 aromatic rings. The molecule has 0 spiro atoms. The van der Waals surface area contributed by atoms with Crippen molar-refractivity contribution in [3.05, 3.63) is 11.1 Å². The summed E-state index contributed by atoms with van der Waals surface area (Å²) < 4.78 is 0. The summed E-state index contributed by atoms with van der Waals surface area (Å²) in [6, 6.07) is 0. The van der Waals surface area contributed by atoms with Crippen LogP contribution in [0, 0.1) is 5.41 Å². The summed E-state index contributed by atoms with van der Waals surface area (Å²) in [5, 5.41) is 0. The SMILES string of the molecule is CC(=O)C1=C2CCCC[C@@]2(C)CC1. The molecule has 0 unspecified atom stereocenters. The van der Waals surface area contributed by atoms with E-state index in [0.717, 1.165) is 6.42 Å². The van der Waals surface area contributed by atoms with Crippen molar-refractivity contribution in [2.75, 3.05) is 0 Å². The largest absolute Gasteiger partial charge is 0.295 e. The fourth-order valence-corrected chi connectivity index (χ4v) is 3.00. The normalized spacial score (nSPS) is 33.4. The molecule has 2 aliphatic rings. The maximum Gasteiger partial charge on any atom is 0.155 e. The van der Waals surface area contributed by atoms with Gasteiger partial charge in [0.05, 0.1) is 0 Å². The van der Waals surface area contributed by atoms with E-state index in [0.29, 0.717) is 11.2 Å². The minimum atomic E-state index is 0.320. The monoisotopic (exact) mass is 178 g/mol. The predicted molar refractivity (Wildman–Crippen MR) is 53.5 cm³/mol. The van der Waals surface area contributed by atoms with Crippen LogP contribution in [0.1, 0.15) is 52.4 Å². The summed E-state index contributed by atoms with van der Waals surface area (Å²) in [4.78, 5) is 11.4. The Hall–Kier alpha value is -0.590. The molecule has 0 aromatic carbocycles. The summed E-state index contributed by atoms with van der Waals surface area (Å²) in [5.74, 6) is 0.320. The van der Waals surface area contributed by atoms with E-state index in [4.69, 9.17) is 0 Å². The lowest BCUT2D eigenvalue weighted by molar-refractivity contribution is -0.113. The average Bonchev–Trinajstić information content (AvgIpc) is 2.41. The number of hydrogen-bond donors (Lipinski definition) is 0. The average molecular weight is 178 g/mol. The van der Waals surface area contributed by atoms with E-state index in [9.17, 15) is 4.79 Å². The van der Waals surface area contributed by atoms with Crippen molar-refractivity contribution in [3.63, 3.8) is 0 Å². The number of hydrogen-bond acceptors (Lipinski definition) is 1. The molecule has 0 aliphatic heterocycles. The highest BCUT2D eigenvalue weighted by Gasteiger charge is 2.38. The number of carbonyl (C=O) groups excluding carboxylic acids is 1. The molecule has 0 amide bonds. The number of allylic oxidation sites excluding steroid dienone is 2. The molecule has 0 heterocycles. The zero-order chi connectivity index (χ0) is 9.47. The molecule has 1 heteroatoms. The van der Waals surface area contributed by atoms with E-state index in [1.54, 1.807) is 6.92 Å². The highest BCUT2D eigenvalue weighted by atomic mass is 16.1. The first-order chi connectivity index (χ1) is 6.13. The summed E-state index contributed by atoms with van der Waals surface area (Å²) >= 11 is 0. The first kappa shape index (κ1) is 8.98. The van der Waals surface area contributed by atoms with Gasteiger partial charge in [0, 0.05) is 0 Å². The number of rotatable bonds is 1. The van der Waals surface area contributed by atoms with Crippen LogP contribution in [0.4, 0.5) is 0 Å². The number of Topliss-reactive ketones (excluding diaryl/α,β-unsaturated/α-hetero) is 1. The molecule has 0 saturated heterocycles. The molecule has 0 radical (unpaired) electrons. The maximum absolute atomic E-state index is 11.4. The quantitative estimate of drug-likeness (QED) is 0.602. The minimum absolute atomic E-state index is 0.320. The van der Waals surface area contributed by atoms with Gasteiger partial charge >= 0.3 is 0 Å². The van der Waals surface area contributed by atoms with Crippen molar-refractivity contribution < 1.29 is 4.79 Å². The third-order valence-corrected chi connectivity index (χ3v) is 3.85. The summed E-state index contributed by atoms with van der Waals surface area (Å²) in [5.41, 5.74) is 3.08. The summed E-state index contributed by atoms with van der Waals surface area (Å²) in [7, 11) is 0. The van der Waals surface area contributed by atoms with Crippen molar-refractivity contribution in [2.24, 2.45) is 5.41 Å². The molecule has 1 atom stereocenters. The highest BCUT2D eigenvalue weighted by molar-refractivity contribution is 5.94. The first-order valence-corrected chi connectivity index (χ1v) is 5.37. The van der Waals surface area contributed by atoms with Crippen LogP contribution in [0.25, 0.3) is 0 Å². The van der Waals surface area contributed by atoms with Gasteiger partial charge in [-0.1, -0.05) is 18.9 Å². The maximum atomic E-state index is 11.4. The molecule has 0 bridgehead atoms. The standard InChI is InChI=1S/C12H18O/c1-9(13)10-6-8-12(2)7-4-3-5-11(10)12/h3-8H2,1-2H3/t12-/m0/s1. The van der Waals surface area contributed by atoms with Crippen LogP contribution in [0.2, 0.25) is 0 Å². The van der Waals surface area contributed by atoms with Gasteiger partial charge in [-0.2, -0.15) is 0 Å². The third-order valence-electron chi connectivity index (χ3n) is 3.85. The van der Waals surface area contributed by atoms with Crippen LogP contribution in [-0.2, 0) is 4.79 Å². The van der Waals surface area contributed by atoms with E-state index < -0.39 is 0 Å². The number of fused-ring (bicyclic) bond motifs is 1. The topological polar surface area (TPSA) is 17.1 Å². The molecule has 2 rings (SSSR count). The third kappa shape index (κ3) is 1.34. The van der Waals surface area contributed by atoms with E-state index >= 15 is 0 Å². The molecular weight excluding hydrogens is 160 g/mol. The van der Waals surface area contributed by atoms with Gasteiger partial charge in [-0.15, -0.1) is 0 Å². The van der Waals surface area contributed by atoms with Gasteiger partial charge in [0.2, 0.25) is 0 Å². The van der Waals surface area contributed by atoms with Gasteiger partial charge in [0.1, 0.15) is 0 Å². The Kier molecular flexibility index (Phi) is 2.05. The van der Waals surface area contributed by atoms with Gasteiger partial charge < -0.3 is 0 Å². The van der Waals surface area contributed by atoms with Crippen LogP contribution in [0.15, 0.2) is 11.1 Å². The van der Waals surface area contributed by atoms with Crippen LogP contribution < -0.4 is 0 Å². The van der Waals surface area contributed by atoms with E-state index in [1.807, 2.05) is 0 Å².